The molecule has 1 aliphatic heterocycles. The van der Waals surface area contributed by atoms with E-state index in [0.29, 0.717) is 25.9 Å². The Labute approximate surface area is 163 Å². The predicted molar refractivity (Wildman–Crippen MR) is 101 cm³/mol. The van der Waals surface area contributed by atoms with E-state index in [9.17, 15) is 14.4 Å². The smallest absolute Gasteiger partial charge is 0.274 e. The van der Waals surface area contributed by atoms with Crippen LogP contribution in [-0.4, -0.2) is 46.7 Å². The number of amides is 3. The molecule has 2 heterocycles. The third-order valence-electron chi connectivity index (χ3n) is 5.43. The highest BCUT2D eigenvalue weighted by molar-refractivity contribution is 6.33. The number of hydrogen-bond acceptors (Lipinski definition) is 4. The van der Waals surface area contributed by atoms with Gasteiger partial charge in [0.15, 0.2) is 0 Å². The summed E-state index contributed by atoms with van der Waals surface area (Å²) in [4.78, 5) is 41.9. The molecule has 2 fully saturated rings. The molecular formula is C19H25ClN4O3. The Balaban J connectivity index is 1.53. The maximum Gasteiger partial charge on any atom is 0.274 e. The number of primary amides is 1. The first-order chi connectivity index (χ1) is 13.0. The van der Waals surface area contributed by atoms with Gasteiger partial charge in [-0.1, -0.05) is 30.9 Å². The van der Waals surface area contributed by atoms with Gasteiger partial charge in [-0.15, -0.1) is 0 Å². The van der Waals surface area contributed by atoms with Crippen molar-refractivity contribution < 1.29 is 14.4 Å². The van der Waals surface area contributed by atoms with Crippen molar-refractivity contribution in [3.8, 4) is 0 Å². The van der Waals surface area contributed by atoms with E-state index in [2.05, 4.69) is 10.3 Å². The van der Waals surface area contributed by atoms with E-state index in [0.717, 1.165) is 25.7 Å². The molecule has 2 aliphatic rings. The SMILES string of the molecule is NC(=O)c1cnc(C(=O)N2CCC(NC(=O)C3CCCCC3)CC2)c(Cl)c1. The summed E-state index contributed by atoms with van der Waals surface area (Å²) in [6, 6.07) is 1.46. The van der Waals surface area contributed by atoms with Crippen LogP contribution in [0, 0.1) is 5.92 Å². The number of nitrogens with one attached hydrogen (secondary N) is 1. The van der Waals surface area contributed by atoms with E-state index in [4.69, 9.17) is 17.3 Å². The molecule has 3 N–H and O–H groups in total. The fourth-order valence-electron chi connectivity index (χ4n) is 3.79. The Morgan fingerprint density at radius 3 is 2.37 bits per heavy atom. The number of hydrogen-bond donors (Lipinski definition) is 2. The van der Waals surface area contributed by atoms with Crippen LogP contribution in [0.1, 0.15) is 65.8 Å². The predicted octanol–water partition coefficient (Wildman–Crippen LogP) is 2.13. The zero-order valence-corrected chi connectivity index (χ0v) is 16.0. The summed E-state index contributed by atoms with van der Waals surface area (Å²) in [6.45, 7) is 1.06. The molecule has 0 aromatic carbocycles. The maximum absolute atomic E-state index is 12.7. The number of pyridine rings is 1. The first-order valence-corrected chi connectivity index (χ1v) is 9.88. The second-order valence-corrected chi connectivity index (χ2v) is 7.74. The van der Waals surface area contributed by atoms with Gasteiger partial charge < -0.3 is 16.0 Å². The van der Waals surface area contributed by atoms with E-state index in [1.807, 2.05) is 0 Å². The molecule has 1 saturated carbocycles. The Kier molecular flexibility index (Phi) is 6.31. The molecule has 3 amide bonds. The van der Waals surface area contributed by atoms with Crippen molar-refractivity contribution in [1.82, 2.24) is 15.2 Å². The summed E-state index contributed by atoms with van der Waals surface area (Å²) in [7, 11) is 0. The number of nitrogens with zero attached hydrogens (tertiary/aromatic N) is 2. The van der Waals surface area contributed by atoms with Crippen molar-refractivity contribution in [2.75, 3.05) is 13.1 Å². The highest BCUT2D eigenvalue weighted by atomic mass is 35.5. The molecule has 27 heavy (non-hydrogen) atoms. The Morgan fingerprint density at radius 1 is 1.11 bits per heavy atom. The van der Waals surface area contributed by atoms with Crippen LogP contribution in [-0.2, 0) is 4.79 Å². The number of carbonyl (C=O) groups is 3. The average Bonchev–Trinajstić information content (AvgIpc) is 2.68. The monoisotopic (exact) mass is 392 g/mol. The summed E-state index contributed by atoms with van der Waals surface area (Å²) in [6.07, 6.45) is 8.13. The third kappa shape index (κ3) is 4.77. The molecule has 1 aromatic rings. The minimum Gasteiger partial charge on any atom is -0.366 e. The normalized spacial score (nSPS) is 18.9. The number of nitrogens with two attached hydrogens (primary N) is 1. The van der Waals surface area contributed by atoms with Crippen LogP contribution in [0.4, 0.5) is 0 Å². The van der Waals surface area contributed by atoms with Crippen molar-refractivity contribution in [1.29, 1.82) is 0 Å². The number of carbonyl (C=O) groups excluding carboxylic acids is 3. The molecule has 0 bridgehead atoms. The van der Waals surface area contributed by atoms with E-state index in [1.54, 1.807) is 4.90 Å². The van der Waals surface area contributed by atoms with Gasteiger partial charge in [-0.2, -0.15) is 0 Å². The van der Waals surface area contributed by atoms with E-state index < -0.39 is 5.91 Å². The standard InChI is InChI=1S/C19H25ClN4O3/c20-15-10-13(17(21)25)11-22-16(15)19(27)24-8-6-14(7-9-24)23-18(26)12-4-2-1-3-5-12/h10-12,14H,1-9H2,(H2,21,25)(H,23,26). The first kappa shape index (κ1) is 19.6. The van der Waals surface area contributed by atoms with Crippen molar-refractivity contribution in [3.05, 3.63) is 28.5 Å². The minimum absolute atomic E-state index is 0.101. The summed E-state index contributed by atoms with van der Waals surface area (Å²) in [5.41, 5.74) is 5.48. The summed E-state index contributed by atoms with van der Waals surface area (Å²) in [5.74, 6) is -0.609. The molecule has 0 radical (unpaired) electrons. The van der Waals surface area contributed by atoms with Crippen molar-refractivity contribution >= 4 is 29.3 Å². The lowest BCUT2D eigenvalue weighted by atomic mass is 9.88. The molecule has 3 rings (SSSR count). The Bertz CT molecular complexity index is 726. The van der Waals surface area contributed by atoms with E-state index in [1.165, 1.54) is 18.7 Å². The van der Waals surface area contributed by atoms with Crippen LogP contribution in [0.3, 0.4) is 0 Å². The van der Waals surface area contributed by atoms with Gasteiger partial charge in [0.2, 0.25) is 11.8 Å². The molecular weight excluding hydrogens is 368 g/mol. The van der Waals surface area contributed by atoms with Gasteiger partial charge in [0, 0.05) is 31.2 Å². The second kappa shape index (κ2) is 8.69. The van der Waals surface area contributed by atoms with Crippen molar-refractivity contribution in [2.45, 2.75) is 51.0 Å². The van der Waals surface area contributed by atoms with Gasteiger partial charge in [-0.25, -0.2) is 4.98 Å². The summed E-state index contributed by atoms with van der Waals surface area (Å²) < 4.78 is 0. The van der Waals surface area contributed by atoms with Crippen LogP contribution >= 0.6 is 11.6 Å². The molecule has 7 nitrogen and oxygen atoms in total. The van der Waals surface area contributed by atoms with E-state index in [-0.39, 0.29) is 40.1 Å². The Morgan fingerprint density at radius 2 is 1.78 bits per heavy atom. The maximum atomic E-state index is 12.7. The third-order valence-corrected chi connectivity index (χ3v) is 5.72. The van der Waals surface area contributed by atoms with Crippen LogP contribution < -0.4 is 11.1 Å². The zero-order chi connectivity index (χ0) is 19.4. The number of piperidine rings is 1. The molecule has 146 valence electrons. The number of aromatic nitrogens is 1. The number of rotatable bonds is 4. The van der Waals surface area contributed by atoms with Gasteiger partial charge in [-0.05, 0) is 31.7 Å². The fourth-order valence-corrected chi connectivity index (χ4v) is 4.04. The zero-order valence-electron chi connectivity index (χ0n) is 15.2. The molecule has 1 aliphatic carbocycles. The highest BCUT2D eigenvalue weighted by Gasteiger charge is 2.29. The molecule has 0 atom stereocenters. The minimum atomic E-state index is -0.641. The molecule has 1 saturated heterocycles. The highest BCUT2D eigenvalue weighted by Crippen LogP contribution is 2.25. The fraction of sp³-hybridized carbons (Fsp3) is 0.579. The van der Waals surface area contributed by atoms with Crippen LogP contribution in [0.25, 0.3) is 0 Å². The second-order valence-electron chi connectivity index (χ2n) is 7.33. The van der Waals surface area contributed by atoms with E-state index >= 15 is 0 Å². The lowest BCUT2D eigenvalue weighted by molar-refractivity contribution is -0.126. The topological polar surface area (TPSA) is 105 Å². The largest absolute Gasteiger partial charge is 0.366 e. The molecule has 0 spiro atoms. The van der Waals surface area contributed by atoms with Crippen LogP contribution in [0.2, 0.25) is 5.02 Å². The van der Waals surface area contributed by atoms with Gasteiger partial charge in [-0.3, -0.25) is 14.4 Å². The molecule has 1 aromatic heterocycles. The summed E-state index contributed by atoms with van der Waals surface area (Å²) >= 11 is 6.10. The lowest BCUT2D eigenvalue weighted by Crippen LogP contribution is -2.48. The first-order valence-electron chi connectivity index (χ1n) is 9.50. The number of halogens is 1. The Hall–Kier alpha value is -2.15. The average molecular weight is 393 g/mol. The van der Waals surface area contributed by atoms with Crippen molar-refractivity contribution in [2.24, 2.45) is 11.7 Å². The van der Waals surface area contributed by atoms with Gasteiger partial charge in [0.1, 0.15) is 5.69 Å². The lowest BCUT2D eigenvalue weighted by Gasteiger charge is -2.33. The number of likely N-dealkylation sites (tertiary alicyclic amines) is 1. The molecule has 8 heteroatoms. The van der Waals surface area contributed by atoms with Crippen LogP contribution in [0.15, 0.2) is 12.3 Å². The van der Waals surface area contributed by atoms with Crippen LogP contribution in [0.5, 0.6) is 0 Å². The van der Waals surface area contributed by atoms with Gasteiger partial charge in [0.25, 0.3) is 5.91 Å². The summed E-state index contributed by atoms with van der Waals surface area (Å²) in [5, 5.41) is 3.26. The quantitative estimate of drug-likeness (QED) is 0.818. The van der Waals surface area contributed by atoms with Crippen molar-refractivity contribution in [3.63, 3.8) is 0 Å². The molecule has 0 unspecified atom stereocenters. The van der Waals surface area contributed by atoms with Gasteiger partial charge in [0.05, 0.1) is 10.6 Å². The van der Waals surface area contributed by atoms with Gasteiger partial charge >= 0.3 is 0 Å².